The minimum absolute atomic E-state index is 0.238. The Morgan fingerprint density at radius 3 is 2.83 bits per heavy atom. The first-order valence-corrected chi connectivity index (χ1v) is 6.65. The predicted molar refractivity (Wildman–Crippen MR) is 66.5 cm³/mol. The molecule has 1 unspecified atom stereocenters. The third kappa shape index (κ3) is 2.13. The van der Waals surface area contributed by atoms with E-state index in [2.05, 4.69) is 10.3 Å². The number of benzene rings is 1. The van der Waals surface area contributed by atoms with Crippen molar-refractivity contribution in [3.8, 4) is 0 Å². The van der Waals surface area contributed by atoms with E-state index in [4.69, 9.17) is 4.74 Å². The van der Waals surface area contributed by atoms with E-state index in [1.807, 2.05) is 0 Å². The average molecular weight is 265 g/mol. The minimum atomic E-state index is -0.485. The molecule has 18 heavy (non-hydrogen) atoms. The molecule has 0 saturated carbocycles. The van der Waals surface area contributed by atoms with Crippen molar-refractivity contribution in [1.82, 2.24) is 15.0 Å². The molecular formula is C12H12FN3OS. The first-order valence-electron chi connectivity index (χ1n) is 5.67. The van der Waals surface area contributed by atoms with Crippen molar-refractivity contribution >= 4 is 11.8 Å². The van der Waals surface area contributed by atoms with Gasteiger partial charge in [0, 0.05) is 11.9 Å². The highest BCUT2D eigenvalue weighted by atomic mass is 32.2. The Labute approximate surface area is 108 Å². The standard InChI is InChI=1S/C12H12FN3OS/c13-11-3-1-10(2-4-11)12(17-7-8-18-12)9-16-6-5-14-15-16/h1-6H,7-9H2. The van der Waals surface area contributed by atoms with Crippen molar-refractivity contribution in [2.75, 3.05) is 12.4 Å². The summed E-state index contributed by atoms with van der Waals surface area (Å²) in [7, 11) is 0. The lowest BCUT2D eigenvalue weighted by atomic mass is 10.1. The monoisotopic (exact) mass is 265 g/mol. The van der Waals surface area contributed by atoms with Crippen molar-refractivity contribution in [1.29, 1.82) is 0 Å². The summed E-state index contributed by atoms with van der Waals surface area (Å²) in [6.07, 6.45) is 3.44. The number of rotatable bonds is 3. The third-order valence-electron chi connectivity index (χ3n) is 2.88. The average Bonchev–Trinajstić information content (AvgIpc) is 3.03. The van der Waals surface area contributed by atoms with E-state index in [1.165, 1.54) is 12.1 Å². The molecule has 1 atom stereocenters. The van der Waals surface area contributed by atoms with Gasteiger partial charge in [-0.2, -0.15) is 0 Å². The summed E-state index contributed by atoms with van der Waals surface area (Å²) >= 11 is 1.71. The molecule has 0 aliphatic carbocycles. The molecule has 2 aromatic rings. The van der Waals surface area contributed by atoms with Gasteiger partial charge in [-0.15, -0.1) is 16.9 Å². The zero-order valence-electron chi connectivity index (χ0n) is 9.62. The number of hydrogen-bond donors (Lipinski definition) is 0. The molecule has 0 amide bonds. The molecule has 3 rings (SSSR count). The summed E-state index contributed by atoms with van der Waals surface area (Å²) < 4.78 is 20.6. The molecular weight excluding hydrogens is 253 g/mol. The lowest BCUT2D eigenvalue weighted by molar-refractivity contribution is 0.0326. The Morgan fingerprint density at radius 1 is 1.39 bits per heavy atom. The maximum atomic E-state index is 13.0. The van der Waals surface area contributed by atoms with Gasteiger partial charge in [0.25, 0.3) is 0 Å². The fourth-order valence-electron chi connectivity index (χ4n) is 2.04. The van der Waals surface area contributed by atoms with Gasteiger partial charge in [0.2, 0.25) is 0 Å². The van der Waals surface area contributed by atoms with Crippen molar-refractivity contribution < 1.29 is 9.13 Å². The second-order valence-corrected chi connectivity index (χ2v) is 5.41. The van der Waals surface area contributed by atoms with Crippen molar-refractivity contribution in [3.05, 3.63) is 48.0 Å². The molecule has 4 nitrogen and oxygen atoms in total. The Morgan fingerprint density at radius 2 is 2.22 bits per heavy atom. The van der Waals surface area contributed by atoms with Gasteiger partial charge >= 0.3 is 0 Å². The van der Waals surface area contributed by atoms with Crippen LogP contribution in [0.5, 0.6) is 0 Å². The molecule has 0 bridgehead atoms. The highest BCUT2D eigenvalue weighted by Gasteiger charge is 2.38. The summed E-state index contributed by atoms with van der Waals surface area (Å²) in [4.78, 5) is -0.485. The van der Waals surface area contributed by atoms with Gasteiger partial charge in [-0.3, -0.25) is 0 Å². The molecule has 0 spiro atoms. The highest BCUT2D eigenvalue weighted by molar-refractivity contribution is 8.00. The molecule has 1 saturated heterocycles. The van der Waals surface area contributed by atoms with Gasteiger partial charge in [-0.1, -0.05) is 17.3 Å². The zero-order valence-corrected chi connectivity index (χ0v) is 10.4. The fourth-order valence-corrected chi connectivity index (χ4v) is 3.23. The summed E-state index contributed by atoms with van der Waals surface area (Å²) in [5.41, 5.74) is 0.960. The van der Waals surface area contributed by atoms with Crippen LogP contribution in [0.25, 0.3) is 0 Å². The molecule has 1 fully saturated rings. The Hall–Kier alpha value is -1.40. The Kier molecular flexibility index (Phi) is 3.05. The van der Waals surface area contributed by atoms with E-state index < -0.39 is 4.93 Å². The van der Waals surface area contributed by atoms with Crippen LogP contribution in [0.3, 0.4) is 0 Å². The van der Waals surface area contributed by atoms with E-state index in [9.17, 15) is 4.39 Å². The van der Waals surface area contributed by atoms with Crippen LogP contribution in [-0.4, -0.2) is 27.4 Å². The second kappa shape index (κ2) is 4.70. The lowest BCUT2D eigenvalue weighted by Crippen LogP contribution is -2.28. The Bertz CT molecular complexity index is 509. The fraction of sp³-hybridized carbons (Fsp3) is 0.333. The summed E-state index contributed by atoms with van der Waals surface area (Å²) in [5, 5.41) is 7.76. The van der Waals surface area contributed by atoms with Gasteiger partial charge in [0.05, 0.1) is 19.3 Å². The first-order chi connectivity index (χ1) is 8.78. The van der Waals surface area contributed by atoms with Gasteiger partial charge in [-0.25, -0.2) is 9.07 Å². The molecule has 0 N–H and O–H groups in total. The maximum Gasteiger partial charge on any atom is 0.158 e. The van der Waals surface area contributed by atoms with Crippen molar-refractivity contribution in [2.24, 2.45) is 0 Å². The molecule has 0 radical (unpaired) electrons. The molecule has 2 heterocycles. The summed E-state index contributed by atoms with van der Waals surface area (Å²) in [6.45, 7) is 1.26. The quantitative estimate of drug-likeness (QED) is 0.851. The van der Waals surface area contributed by atoms with Crippen LogP contribution in [0.1, 0.15) is 5.56 Å². The number of nitrogens with zero attached hydrogens (tertiary/aromatic N) is 3. The largest absolute Gasteiger partial charge is 0.357 e. The lowest BCUT2D eigenvalue weighted by Gasteiger charge is -2.27. The molecule has 94 valence electrons. The number of aromatic nitrogens is 3. The molecule has 1 aromatic heterocycles. The van der Waals surface area contributed by atoms with Gasteiger partial charge < -0.3 is 4.74 Å². The van der Waals surface area contributed by atoms with Crippen molar-refractivity contribution in [3.63, 3.8) is 0 Å². The van der Waals surface area contributed by atoms with E-state index in [1.54, 1.807) is 41.0 Å². The molecule has 1 aliphatic heterocycles. The van der Waals surface area contributed by atoms with Crippen molar-refractivity contribution in [2.45, 2.75) is 11.5 Å². The number of ether oxygens (including phenoxy) is 1. The molecule has 1 aliphatic rings. The van der Waals surface area contributed by atoms with Crippen LogP contribution in [0.15, 0.2) is 36.7 Å². The zero-order chi connectivity index (χ0) is 12.4. The number of thioether (sulfide) groups is 1. The van der Waals surface area contributed by atoms with Crippen LogP contribution in [-0.2, 0) is 16.2 Å². The summed E-state index contributed by atoms with van der Waals surface area (Å²) in [5.74, 6) is 0.684. The topological polar surface area (TPSA) is 39.9 Å². The van der Waals surface area contributed by atoms with Gasteiger partial charge in [-0.05, 0) is 17.7 Å². The minimum Gasteiger partial charge on any atom is -0.357 e. The third-order valence-corrected chi connectivity index (χ3v) is 4.20. The first kappa shape index (κ1) is 11.7. The van der Waals surface area contributed by atoms with Crippen LogP contribution in [0, 0.1) is 5.82 Å². The SMILES string of the molecule is Fc1ccc(C2(Cn3ccnn3)OCCS2)cc1. The second-order valence-electron chi connectivity index (χ2n) is 4.06. The molecule has 1 aromatic carbocycles. The molecule has 6 heteroatoms. The van der Waals surface area contributed by atoms with E-state index in [0.717, 1.165) is 11.3 Å². The van der Waals surface area contributed by atoms with Crippen LogP contribution in [0.2, 0.25) is 0 Å². The summed E-state index contributed by atoms with van der Waals surface area (Å²) in [6, 6.07) is 6.45. The van der Waals surface area contributed by atoms with E-state index in [0.29, 0.717) is 13.2 Å². The van der Waals surface area contributed by atoms with E-state index >= 15 is 0 Å². The number of hydrogen-bond acceptors (Lipinski definition) is 4. The highest BCUT2D eigenvalue weighted by Crippen LogP contribution is 2.43. The normalized spacial score (nSPS) is 23.4. The maximum absolute atomic E-state index is 13.0. The smallest absolute Gasteiger partial charge is 0.158 e. The number of halogens is 1. The van der Waals surface area contributed by atoms with Gasteiger partial charge in [0.1, 0.15) is 5.82 Å². The van der Waals surface area contributed by atoms with Crippen LogP contribution >= 0.6 is 11.8 Å². The van der Waals surface area contributed by atoms with E-state index in [-0.39, 0.29) is 5.82 Å². The van der Waals surface area contributed by atoms with Gasteiger partial charge in [0.15, 0.2) is 4.93 Å². The van der Waals surface area contributed by atoms with Crippen LogP contribution in [0.4, 0.5) is 4.39 Å². The predicted octanol–water partition coefficient (Wildman–Crippen LogP) is 2.03. The Balaban J connectivity index is 1.93. The van der Waals surface area contributed by atoms with Crippen LogP contribution < -0.4 is 0 Å².